The van der Waals surface area contributed by atoms with E-state index in [4.69, 9.17) is 5.73 Å². The van der Waals surface area contributed by atoms with Crippen LogP contribution in [0.1, 0.15) is 5.56 Å². The van der Waals surface area contributed by atoms with Crippen molar-refractivity contribution in [3.8, 4) is 0 Å². The summed E-state index contributed by atoms with van der Waals surface area (Å²) in [6.45, 7) is 0. The van der Waals surface area contributed by atoms with E-state index in [9.17, 15) is 0 Å². The molecule has 1 aromatic rings. The summed E-state index contributed by atoms with van der Waals surface area (Å²) in [5, 5.41) is 3.86. The van der Waals surface area contributed by atoms with Crippen LogP contribution >= 0.6 is 0 Å². The average molecular weight is 163 g/mol. The van der Waals surface area contributed by atoms with Gasteiger partial charge in [-0.1, -0.05) is 30.3 Å². The molecule has 1 rings (SSSR count). The van der Waals surface area contributed by atoms with E-state index >= 15 is 0 Å². The van der Waals surface area contributed by atoms with Crippen LogP contribution in [-0.2, 0) is 6.42 Å². The first-order valence-corrected chi connectivity index (χ1v) is 3.85. The molecule has 3 N–H and O–H groups in total. The van der Waals surface area contributed by atoms with Crippen molar-refractivity contribution in [2.45, 2.75) is 6.42 Å². The second-order valence-electron chi connectivity index (χ2n) is 2.49. The van der Waals surface area contributed by atoms with E-state index < -0.39 is 0 Å². The van der Waals surface area contributed by atoms with Crippen LogP contribution in [0.25, 0.3) is 0 Å². The van der Waals surface area contributed by atoms with Gasteiger partial charge in [0.1, 0.15) is 5.84 Å². The van der Waals surface area contributed by atoms with E-state index in [2.05, 4.69) is 10.5 Å². The Labute approximate surface area is 72.3 Å². The molecule has 0 saturated heterocycles. The molecular formula is C9H13N3. The van der Waals surface area contributed by atoms with Crippen LogP contribution in [0.5, 0.6) is 0 Å². The highest BCUT2D eigenvalue weighted by atomic mass is 15.3. The smallest absolute Gasteiger partial charge is 0.124 e. The van der Waals surface area contributed by atoms with Gasteiger partial charge in [-0.15, -0.1) is 0 Å². The molecule has 0 amide bonds. The molecule has 0 atom stereocenters. The van der Waals surface area contributed by atoms with Gasteiger partial charge in [0.25, 0.3) is 0 Å². The van der Waals surface area contributed by atoms with Crippen LogP contribution in [0.4, 0.5) is 0 Å². The van der Waals surface area contributed by atoms with Crippen molar-refractivity contribution in [2.24, 2.45) is 10.8 Å². The molecule has 12 heavy (non-hydrogen) atoms. The summed E-state index contributed by atoms with van der Waals surface area (Å²) < 4.78 is 0. The minimum absolute atomic E-state index is 0.601. The lowest BCUT2D eigenvalue weighted by molar-refractivity contribution is 0.889. The predicted molar refractivity (Wildman–Crippen MR) is 50.8 cm³/mol. The molecule has 3 nitrogen and oxygen atoms in total. The highest BCUT2D eigenvalue weighted by Crippen LogP contribution is 1.98. The third-order valence-corrected chi connectivity index (χ3v) is 1.48. The number of amidine groups is 1. The first kappa shape index (κ1) is 8.59. The molecule has 0 aliphatic rings. The Bertz CT molecular complexity index is 254. The Hall–Kier alpha value is -1.51. The lowest BCUT2D eigenvalue weighted by Gasteiger charge is -1.99. The number of benzene rings is 1. The molecule has 0 bridgehead atoms. The van der Waals surface area contributed by atoms with Crippen molar-refractivity contribution in [3.05, 3.63) is 35.9 Å². The van der Waals surface area contributed by atoms with Gasteiger partial charge in [0.05, 0.1) is 0 Å². The van der Waals surface area contributed by atoms with Crippen molar-refractivity contribution in [2.75, 3.05) is 7.05 Å². The van der Waals surface area contributed by atoms with Gasteiger partial charge in [-0.3, -0.25) is 0 Å². The normalized spacial score (nSPS) is 11.2. The van der Waals surface area contributed by atoms with Crippen molar-refractivity contribution in [1.29, 1.82) is 0 Å². The summed E-state index contributed by atoms with van der Waals surface area (Å²) >= 11 is 0. The van der Waals surface area contributed by atoms with Gasteiger partial charge in [-0.2, -0.15) is 5.10 Å². The summed E-state index contributed by atoms with van der Waals surface area (Å²) in [7, 11) is 1.73. The monoisotopic (exact) mass is 163 g/mol. The van der Waals surface area contributed by atoms with E-state index in [0.717, 1.165) is 0 Å². The fourth-order valence-electron chi connectivity index (χ4n) is 0.988. The number of hydrazone groups is 1. The third-order valence-electron chi connectivity index (χ3n) is 1.48. The molecule has 0 radical (unpaired) electrons. The van der Waals surface area contributed by atoms with Gasteiger partial charge in [-0.05, 0) is 5.56 Å². The fraction of sp³-hybridized carbons (Fsp3) is 0.222. The molecule has 3 heteroatoms. The summed E-state index contributed by atoms with van der Waals surface area (Å²) in [5.74, 6) is 0.601. The number of hydrogen-bond acceptors (Lipinski definition) is 2. The molecule has 0 aliphatic carbocycles. The van der Waals surface area contributed by atoms with Gasteiger partial charge < -0.3 is 11.2 Å². The Morgan fingerprint density at radius 3 is 2.67 bits per heavy atom. The topological polar surface area (TPSA) is 50.4 Å². The molecule has 0 unspecified atom stereocenters. The highest BCUT2D eigenvalue weighted by molar-refractivity contribution is 5.82. The van der Waals surface area contributed by atoms with E-state index in [1.54, 1.807) is 7.05 Å². The SMILES string of the molecule is CN/N=C(\N)Cc1ccccc1. The number of rotatable bonds is 3. The molecule has 0 heterocycles. The third kappa shape index (κ3) is 2.62. The lowest BCUT2D eigenvalue weighted by atomic mass is 10.1. The number of nitrogens with one attached hydrogen (secondary N) is 1. The average Bonchev–Trinajstić information content (AvgIpc) is 2.06. The Kier molecular flexibility index (Phi) is 3.14. The summed E-state index contributed by atoms with van der Waals surface area (Å²) in [6, 6.07) is 10.0. The van der Waals surface area contributed by atoms with E-state index in [0.29, 0.717) is 12.3 Å². The first-order valence-electron chi connectivity index (χ1n) is 3.85. The molecule has 0 fully saturated rings. The summed E-state index contributed by atoms with van der Waals surface area (Å²) in [6.07, 6.45) is 0.696. The standard InChI is InChI=1S/C9H13N3/c1-11-12-9(10)7-8-5-3-2-4-6-8/h2-6,11H,7H2,1H3,(H2,10,12). The molecule has 0 aliphatic heterocycles. The fourth-order valence-corrected chi connectivity index (χ4v) is 0.988. The highest BCUT2D eigenvalue weighted by Gasteiger charge is 1.93. The summed E-state index contributed by atoms with van der Waals surface area (Å²) in [5.41, 5.74) is 9.43. The molecule has 64 valence electrons. The maximum absolute atomic E-state index is 5.60. The zero-order chi connectivity index (χ0) is 8.81. The van der Waals surface area contributed by atoms with Crippen LogP contribution in [0.15, 0.2) is 35.4 Å². The van der Waals surface area contributed by atoms with Crippen molar-refractivity contribution in [3.63, 3.8) is 0 Å². The number of hydrogen-bond donors (Lipinski definition) is 2. The van der Waals surface area contributed by atoms with Gasteiger partial charge in [0.2, 0.25) is 0 Å². The van der Waals surface area contributed by atoms with Gasteiger partial charge >= 0.3 is 0 Å². The first-order chi connectivity index (χ1) is 5.83. The Morgan fingerprint density at radius 1 is 1.42 bits per heavy atom. The van der Waals surface area contributed by atoms with Crippen molar-refractivity contribution < 1.29 is 0 Å². The maximum atomic E-state index is 5.60. The van der Waals surface area contributed by atoms with Gasteiger partial charge in [-0.25, -0.2) is 0 Å². The Balaban J connectivity index is 2.58. The molecule has 1 aromatic carbocycles. The van der Waals surface area contributed by atoms with E-state index in [1.807, 2.05) is 30.3 Å². The largest absolute Gasteiger partial charge is 0.385 e. The molecule has 0 spiro atoms. The Morgan fingerprint density at radius 2 is 2.08 bits per heavy atom. The zero-order valence-electron chi connectivity index (χ0n) is 7.12. The quantitative estimate of drug-likeness (QED) is 0.392. The van der Waals surface area contributed by atoms with Crippen LogP contribution in [0.3, 0.4) is 0 Å². The summed E-state index contributed by atoms with van der Waals surface area (Å²) in [4.78, 5) is 0. The maximum Gasteiger partial charge on any atom is 0.124 e. The lowest BCUT2D eigenvalue weighted by Crippen LogP contribution is -2.18. The molecule has 0 aromatic heterocycles. The van der Waals surface area contributed by atoms with Gasteiger partial charge in [0, 0.05) is 13.5 Å². The molecular weight excluding hydrogens is 150 g/mol. The van der Waals surface area contributed by atoms with Crippen molar-refractivity contribution in [1.82, 2.24) is 5.43 Å². The second-order valence-corrected chi connectivity index (χ2v) is 2.49. The van der Waals surface area contributed by atoms with Crippen LogP contribution in [0.2, 0.25) is 0 Å². The predicted octanol–water partition coefficient (Wildman–Crippen LogP) is 0.721. The van der Waals surface area contributed by atoms with E-state index in [-0.39, 0.29) is 0 Å². The van der Waals surface area contributed by atoms with Gasteiger partial charge in [0.15, 0.2) is 0 Å². The molecule has 0 saturated carbocycles. The van der Waals surface area contributed by atoms with Crippen LogP contribution in [-0.4, -0.2) is 12.9 Å². The second kappa shape index (κ2) is 4.38. The van der Waals surface area contributed by atoms with Crippen molar-refractivity contribution >= 4 is 5.84 Å². The van der Waals surface area contributed by atoms with Crippen LogP contribution < -0.4 is 11.2 Å². The zero-order valence-corrected chi connectivity index (χ0v) is 7.12. The number of nitrogens with two attached hydrogens (primary N) is 1. The van der Waals surface area contributed by atoms with E-state index in [1.165, 1.54) is 5.56 Å². The minimum Gasteiger partial charge on any atom is -0.385 e. The minimum atomic E-state index is 0.601. The number of nitrogens with zero attached hydrogens (tertiary/aromatic N) is 1. The van der Waals surface area contributed by atoms with Crippen LogP contribution in [0, 0.1) is 0 Å².